The lowest BCUT2D eigenvalue weighted by molar-refractivity contribution is -0.152. The Kier molecular flexibility index (Phi) is 3.93. The van der Waals surface area contributed by atoms with Gasteiger partial charge in [0, 0.05) is 6.42 Å². The molecule has 0 bridgehead atoms. The Morgan fingerprint density at radius 2 is 1.81 bits per heavy atom. The summed E-state index contributed by atoms with van der Waals surface area (Å²) in [6.07, 6.45) is -4.92. The van der Waals surface area contributed by atoms with Crippen molar-refractivity contribution in [3.63, 3.8) is 0 Å². The fourth-order valence-corrected chi connectivity index (χ4v) is 1.49. The van der Waals surface area contributed by atoms with E-state index in [0.717, 1.165) is 0 Å². The van der Waals surface area contributed by atoms with E-state index in [4.69, 9.17) is 5.73 Å². The maximum atomic E-state index is 12.7. The molecule has 16 heavy (non-hydrogen) atoms. The zero-order valence-corrected chi connectivity index (χ0v) is 8.50. The fraction of sp³-hybridized carbons (Fsp3) is 0.364. The summed E-state index contributed by atoms with van der Waals surface area (Å²) in [4.78, 5) is 10.5. The third kappa shape index (κ3) is 3.56. The van der Waals surface area contributed by atoms with E-state index in [1.54, 1.807) is 18.2 Å². The van der Waals surface area contributed by atoms with Gasteiger partial charge in [-0.05, 0) is 12.0 Å². The minimum Gasteiger partial charge on any atom is -0.370 e. The number of benzene rings is 1. The minimum absolute atomic E-state index is 0.163. The van der Waals surface area contributed by atoms with Gasteiger partial charge in [-0.3, -0.25) is 4.79 Å². The van der Waals surface area contributed by atoms with Crippen LogP contribution in [0.3, 0.4) is 0 Å². The van der Waals surface area contributed by atoms with E-state index in [1.807, 2.05) is 0 Å². The van der Waals surface area contributed by atoms with Crippen LogP contribution >= 0.6 is 0 Å². The lowest BCUT2D eigenvalue weighted by atomic mass is 9.93. The third-order valence-corrected chi connectivity index (χ3v) is 2.28. The van der Waals surface area contributed by atoms with Crippen molar-refractivity contribution in [1.82, 2.24) is 0 Å². The number of hydrogen-bond acceptors (Lipinski definition) is 1. The molecule has 1 rings (SSSR count). The van der Waals surface area contributed by atoms with Crippen molar-refractivity contribution in [1.29, 1.82) is 0 Å². The van der Waals surface area contributed by atoms with Crippen molar-refractivity contribution < 1.29 is 18.0 Å². The van der Waals surface area contributed by atoms with Crippen LogP contribution in [0.15, 0.2) is 30.3 Å². The first-order valence-corrected chi connectivity index (χ1v) is 4.81. The number of halogens is 3. The first-order chi connectivity index (χ1) is 7.41. The van der Waals surface area contributed by atoms with Gasteiger partial charge in [0.1, 0.15) is 0 Å². The molecule has 0 fully saturated rings. The molecule has 1 atom stereocenters. The SMILES string of the molecule is NC(=O)CCC(c1ccccc1)C(F)(F)F. The minimum atomic E-state index is -4.35. The fourth-order valence-electron chi connectivity index (χ4n) is 1.49. The number of nitrogens with two attached hydrogens (primary N) is 1. The lowest BCUT2D eigenvalue weighted by Gasteiger charge is -2.19. The van der Waals surface area contributed by atoms with Crippen molar-refractivity contribution in [2.75, 3.05) is 0 Å². The van der Waals surface area contributed by atoms with Crippen molar-refractivity contribution in [3.8, 4) is 0 Å². The van der Waals surface area contributed by atoms with Crippen molar-refractivity contribution in [2.24, 2.45) is 5.73 Å². The molecule has 1 amide bonds. The molecule has 0 spiro atoms. The summed E-state index contributed by atoms with van der Waals surface area (Å²) in [6, 6.07) is 7.53. The Bertz CT molecular complexity index is 348. The third-order valence-electron chi connectivity index (χ3n) is 2.28. The Hall–Kier alpha value is -1.52. The van der Waals surface area contributed by atoms with Gasteiger partial charge in [0.25, 0.3) is 0 Å². The summed E-state index contributed by atoms with van der Waals surface area (Å²) >= 11 is 0. The lowest BCUT2D eigenvalue weighted by Crippen LogP contribution is -2.23. The van der Waals surface area contributed by atoms with Crippen LogP contribution in [0.5, 0.6) is 0 Å². The van der Waals surface area contributed by atoms with E-state index in [9.17, 15) is 18.0 Å². The quantitative estimate of drug-likeness (QED) is 0.850. The van der Waals surface area contributed by atoms with Crippen LogP contribution in [-0.2, 0) is 4.79 Å². The molecule has 2 N–H and O–H groups in total. The first kappa shape index (κ1) is 12.5. The molecule has 1 aromatic rings. The molecule has 0 aromatic heterocycles. The van der Waals surface area contributed by atoms with Crippen molar-refractivity contribution in [3.05, 3.63) is 35.9 Å². The van der Waals surface area contributed by atoms with E-state index < -0.39 is 18.0 Å². The number of carbonyl (C=O) groups is 1. The predicted octanol–water partition coefficient (Wildman–Crippen LogP) is 2.60. The normalized spacial score (nSPS) is 13.4. The van der Waals surface area contributed by atoms with Gasteiger partial charge in [-0.1, -0.05) is 30.3 Å². The van der Waals surface area contributed by atoms with E-state index in [1.165, 1.54) is 12.1 Å². The summed E-state index contributed by atoms with van der Waals surface area (Å²) in [5, 5.41) is 0. The predicted molar refractivity (Wildman–Crippen MR) is 53.7 cm³/mol. The van der Waals surface area contributed by atoms with Gasteiger partial charge in [0.05, 0.1) is 5.92 Å². The largest absolute Gasteiger partial charge is 0.395 e. The average molecular weight is 231 g/mol. The van der Waals surface area contributed by atoms with Crippen LogP contribution in [0.2, 0.25) is 0 Å². The molecule has 88 valence electrons. The van der Waals surface area contributed by atoms with E-state index in [0.29, 0.717) is 0 Å². The average Bonchev–Trinajstić information content (AvgIpc) is 2.17. The van der Waals surface area contributed by atoms with Gasteiger partial charge in [0.15, 0.2) is 0 Å². The van der Waals surface area contributed by atoms with Gasteiger partial charge in [-0.2, -0.15) is 13.2 Å². The van der Waals surface area contributed by atoms with Crippen LogP contribution in [0, 0.1) is 0 Å². The highest BCUT2D eigenvalue weighted by atomic mass is 19.4. The van der Waals surface area contributed by atoms with E-state index >= 15 is 0 Å². The Labute approximate surface area is 91.3 Å². The summed E-state index contributed by atoms with van der Waals surface area (Å²) in [5.41, 5.74) is 5.02. The monoisotopic (exact) mass is 231 g/mol. The van der Waals surface area contributed by atoms with Crippen molar-refractivity contribution >= 4 is 5.91 Å². The smallest absolute Gasteiger partial charge is 0.370 e. The summed E-state index contributed by atoms with van der Waals surface area (Å²) in [5.74, 6) is -2.34. The molecular weight excluding hydrogens is 219 g/mol. The molecule has 0 heterocycles. The van der Waals surface area contributed by atoms with Crippen LogP contribution in [-0.4, -0.2) is 12.1 Å². The molecule has 0 aliphatic heterocycles. The van der Waals surface area contributed by atoms with Gasteiger partial charge in [-0.25, -0.2) is 0 Å². The standard InChI is InChI=1S/C11H12F3NO/c12-11(13,14)9(6-7-10(15)16)8-4-2-1-3-5-8/h1-5,9H,6-7H2,(H2,15,16). The number of primary amides is 1. The number of amides is 1. The Morgan fingerprint density at radius 3 is 2.25 bits per heavy atom. The van der Waals surface area contributed by atoms with Crippen molar-refractivity contribution in [2.45, 2.75) is 24.9 Å². The number of alkyl halides is 3. The number of rotatable bonds is 4. The highest BCUT2D eigenvalue weighted by molar-refractivity contribution is 5.73. The Morgan fingerprint density at radius 1 is 1.25 bits per heavy atom. The van der Waals surface area contributed by atoms with Crippen LogP contribution in [0.4, 0.5) is 13.2 Å². The van der Waals surface area contributed by atoms with Gasteiger partial charge in [0.2, 0.25) is 5.91 Å². The topological polar surface area (TPSA) is 43.1 Å². The van der Waals surface area contributed by atoms with Crippen LogP contribution < -0.4 is 5.73 Å². The molecule has 1 unspecified atom stereocenters. The van der Waals surface area contributed by atoms with Gasteiger partial charge < -0.3 is 5.73 Å². The molecule has 0 aliphatic carbocycles. The summed E-state index contributed by atoms with van der Waals surface area (Å²) in [6.45, 7) is 0. The van der Waals surface area contributed by atoms with Gasteiger partial charge in [-0.15, -0.1) is 0 Å². The van der Waals surface area contributed by atoms with Crippen LogP contribution in [0.1, 0.15) is 24.3 Å². The molecule has 0 saturated carbocycles. The molecule has 0 saturated heterocycles. The molecule has 0 aliphatic rings. The second-order valence-corrected chi connectivity index (χ2v) is 3.51. The zero-order valence-electron chi connectivity index (χ0n) is 8.50. The zero-order chi connectivity index (χ0) is 12.2. The van der Waals surface area contributed by atoms with E-state index in [-0.39, 0.29) is 18.4 Å². The van der Waals surface area contributed by atoms with E-state index in [2.05, 4.69) is 0 Å². The Balaban J connectivity index is 2.84. The highest BCUT2D eigenvalue weighted by Crippen LogP contribution is 2.37. The maximum absolute atomic E-state index is 12.7. The van der Waals surface area contributed by atoms with Gasteiger partial charge >= 0.3 is 6.18 Å². The van der Waals surface area contributed by atoms with Crippen LogP contribution in [0.25, 0.3) is 0 Å². The molecule has 5 heteroatoms. The molecule has 2 nitrogen and oxygen atoms in total. The molecular formula is C11H12F3NO. The second kappa shape index (κ2) is 5.01. The number of carbonyl (C=O) groups excluding carboxylic acids is 1. The molecule has 0 radical (unpaired) electrons. The second-order valence-electron chi connectivity index (χ2n) is 3.51. The maximum Gasteiger partial charge on any atom is 0.395 e. The number of hydrogen-bond donors (Lipinski definition) is 1. The summed E-state index contributed by atoms with van der Waals surface area (Å²) in [7, 11) is 0. The molecule has 1 aromatic carbocycles. The first-order valence-electron chi connectivity index (χ1n) is 4.81. The summed E-state index contributed by atoms with van der Waals surface area (Å²) < 4.78 is 38.1. The highest BCUT2D eigenvalue weighted by Gasteiger charge is 2.40.